The van der Waals surface area contributed by atoms with Gasteiger partial charge in [0.25, 0.3) is 0 Å². The van der Waals surface area contributed by atoms with E-state index in [1.165, 1.54) is 0 Å². The molecule has 0 spiro atoms. The summed E-state index contributed by atoms with van der Waals surface area (Å²) in [6.07, 6.45) is -1.02. The Bertz CT molecular complexity index is 277. The topological polar surface area (TPSA) is 73.9 Å². The maximum atomic E-state index is 11.9. The molecule has 7 heteroatoms. The van der Waals surface area contributed by atoms with Gasteiger partial charge >= 0.3 is 13.7 Å². The van der Waals surface area contributed by atoms with Crippen LogP contribution >= 0.6 is 7.60 Å². The number of rotatable bonds is 6. The first-order valence-electron chi connectivity index (χ1n) is 5.55. The molecule has 1 N–H and O–H groups in total. The second-order valence-corrected chi connectivity index (χ2v) is 6.38. The van der Waals surface area contributed by atoms with E-state index in [-0.39, 0.29) is 19.6 Å². The van der Waals surface area contributed by atoms with Crippen LogP contribution in [0.25, 0.3) is 0 Å². The zero-order valence-corrected chi connectivity index (χ0v) is 12.0. The number of carbonyl (C=O) groups excluding carboxylic acids is 1. The summed E-state index contributed by atoms with van der Waals surface area (Å²) in [5.41, 5.74) is -0.404. The van der Waals surface area contributed by atoms with Crippen molar-refractivity contribution in [1.82, 2.24) is 5.32 Å². The van der Waals surface area contributed by atoms with Gasteiger partial charge in [-0.25, -0.2) is 4.79 Å². The van der Waals surface area contributed by atoms with Crippen LogP contribution in [0.15, 0.2) is 0 Å². The molecule has 102 valence electrons. The van der Waals surface area contributed by atoms with Crippen molar-refractivity contribution in [3.8, 4) is 0 Å². The summed E-state index contributed by atoms with van der Waals surface area (Å²) in [6, 6.07) is 0. The van der Waals surface area contributed by atoms with Crippen molar-refractivity contribution in [2.24, 2.45) is 0 Å². The Labute approximate surface area is 103 Å². The predicted octanol–water partition coefficient (Wildman–Crippen LogP) is 2.73. The first kappa shape index (κ1) is 16.4. The van der Waals surface area contributed by atoms with Crippen LogP contribution in [0, 0.1) is 0 Å². The molecule has 0 aliphatic heterocycles. The first-order chi connectivity index (χ1) is 7.72. The van der Waals surface area contributed by atoms with E-state index >= 15 is 0 Å². The third-order valence-corrected chi connectivity index (χ3v) is 3.23. The van der Waals surface area contributed by atoms with Gasteiger partial charge in [0.15, 0.2) is 6.35 Å². The monoisotopic (exact) mass is 267 g/mol. The largest absolute Gasteiger partial charge is 0.437 e. The van der Waals surface area contributed by atoms with E-state index in [0.29, 0.717) is 0 Å². The molecule has 17 heavy (non-hydrogen) atoms. The number of ether oxygens (including phenoxy) is 1. The van der Waals surface area contributed by atoms with Crippen LogP contribution in [0.2, 0.25) is 0 Å². The average Bonchev–Trinajstić information content (AvgIpc) is 2.13. The highest BCUT2D eigenvalue weighted by molar-refractivity contribution is 7.53. The fraction of sp³-hybridized carbons (Fsp3) is 0.900. The summed E-state index contributed by atoms with van der Waals surface area (Å²) in [7, 11) is -3.32. The van der Waals surface area contributed by atoms with E-state index in [4.69, 9.17) is 13.8 Å². The van der Waals surface area contributed by atoms with E-state index in [9.17, 15) is 9.36 Å². The zero-order valence-electron chi connectivity index (χ0n) is 11.1. The maximum Gasteiger partial charge on any atom is 0.408 e. The van der Waals surface area contributed by atoms with E-state index in [2.05, 4.69) is 5.32 Å². The summed E-state index contributed by atoms with van der Waals surface area (Å²) in [6.45, 7) is 9.32. The summed E-state index contributed by atoms with van der Waals surface area (Å²) >= 11 is 0. The molecule has 0 unspecified atom stereocenters. The van der Waals surface area contributed by atoms with Crippen molar-refractivity contribution in [3.05, 3.63) is 0 Å². The lowest BCUT2D eigenvalue weighted by Crippen LogP contribution is -2.41. The third-order valence-electron chi connectivity index (χ3n) is 1.48. The molecule has 1 amide bonds. The average molecular weight is 267 g/mol. The Morgan fingerprint density at radius 1 is 1.18 bits per heavy atom. The van der Waals surface area contributed by atoms with Crippen molar-refractivity contribution in [1.29, 1.82) is 0 Å². The molecule has 0 saturated carbocycles. The number of alkyl carbamates (subject to hydrolysis) is 1. The van der Waals surface area contributed by atoms with Crippen molar-refractivity contribution in [2.75, 3.05) is 19.6 Å². The molecule has 0 radical (unpaired) electrons. The van der Waals surface area contributed by atoms with Gasteiger partial charge in [0.05, 0.1) is 13.2 Å². The Hall–Kier alpha value is -0.580. The van der Waals surface area contributed by atoms with E-state index in [1.54, 1.807) is 13.8 Å². The van der Waals surface area contributed by atoms with Crippen molar-refractivity contribution < 1.29 is 23.1 Å². The Morgan fingerprint density at radius 2 is 1.65 bits per heavy atom. The van der Waals surface area contributed by atoms with Crippen LogP contribution < -0.4 is 5.32 Å². The summed E-state index contributed by atoms with van der Waals surface area (Å²) < 4.78 is 26.7. The van der Waals surface area contributed by atoms with Gasteiger partial charge in [0.1, 0.15) is 0 Å². The fourth-order valence-electron chi connectivity index (χ4n) is 0.985. The van der Waals surface area contributed by atoms with Crippen LogP contribution in [0.5, 0.6) is 0 Å². The van der Waals surface area contributed by atoms with E-state index in [1.807, 2.05) is 20.8 Å². The molecule has 0 aliphatic carbocycles. The molecule has 0 fully saturated rings. The maximum absolute atomic E-state index is 11.9. The molecule has 0 aliphatic rings. The molecule has 0 aromatic rings. The number of hydrogen-bond donors (Lipinski definition) is 1. The quantitative estimate of drug-likeness (QED) is 0.749. The summed E-state index contributed by atoms with van der Waals surface area (Å²) in [4.78, 5) is 11.3. The van der Waals surface area contributed by atoms with Gasteiger partial charge < -0.3 is 19.1 Å². The van der Waals surface area contributed by atoms with Crippen molar-refractivity contribution in [2.45, 2.75) is 40.2 Å². The molecule has 0 saturated heterocycles. The van der Waals surface area contributed by atoms with Gasteiger partial charge in [0, 0.05) is 5.54 Å². The van der Waals surface area contributed by atoms with E-state index in [0.717, 1.165) is 0 Å². The van der Waals surface area contributed by atoms with Crippen LogP contribution in [0.4, 0.5) is 4.79 Å². The molecule has 6 nitrogen and oxygen atoms in total. The Kier molecular flexibility index (Phi) is 6.75. The van der Waals surface area contributed by atoms with Gasteiger partial charge in [-0.1, -0.05) is 0 Å². The smallest absolute Gasteiger partial charge is 0.408 e. The van der Waals surface area contributed by atoms with Gasteiger partial charge in [-0.15, -0.1) is 0 Å². The lowest BCUT2D eigenvalue weighted by atomic mass is 10.1. The second kappa shape index (κ2) is 6.99. The lowest BCUT2D eigenvalue weighted by molar-refractivity contribution is 0.135. The zero-order chi connectivity index (χ0) is 13.5. The lowest BCUT2D eigenvalue weighted by Gasteiger charge is -2.21. The first-order valence-corrected chi connectivity index (χ1v) is 7.28. The summed E-state index contributed by atoms with van der Waals surface area (Å²) in [5.74, 6) is 0. The minimum atomic E-state index is -3.32. The molecule has 0 atom stereocenters. The summed E-state index contributed by atoms with van der Waals surface area (Å²) in [5, 5.41) is 2.58. The molecule has 0 rings (SSSR count). The number of carbonyl (C=O) groups is 1. The molecular formula is C10H22NO5P. The molecule has 0 heterocycles. The van der Waals surface area contributed by atoms with Crippen LogP contribution in [0.1, 0.15) is 34.6 Å². The fourth-order valence-corrected chi connectivity index (χ4v) is 2.27. The van der Waals surface area contributed by atoms with Crippen LogP contribution in [-0.4, -0.2) is 31.2 Å². The van der Waals surface area contributed by atoms with Crippen molar-refractivity contribution in [3.63, 3.8) is 0 Å². The standard InChI is InChI=1S/C10H22NO5P/c1-6-15-17(13,16-7-2)8-14-9(12)11-10(3,4)5/h6-8H2,1-5H3,(H,11,12). The van der Waals surface area contributed by atoms with Gasteiger partial charge in [-0.3, -0.25) is 4.57 Å². The highest BCUT2D eigenvalue weighted by Crippen LogP contribution is 2.47. The van der Waals surface area contributed by atoms with Crippen molar-refractivity contribution >= 4 is 13.7 Å². The normalized spacial score (nSPS) is 12.3. The number of amides is 1. The molecule has 0 aromatic heterocycles. The Morgan fingerprint density at radius 3 is 2.00 bits per heavy atom. The SMILES string of the molecule is CCOP(=O)(COC(=O)NC(C)(C)C)OCC. The minimum absolute atomic E-state index is 0.238. The van der Waals surface area contributed by atoms with Crippen LogP contribution in [0.3, 0.4) is 0 Å². The third kappa shape index (κ3) is 8.18. The van der Waals surface area contributed by atoms with Crippen LogP contribution in [-0.2, 0) is 18.3 Å². The minimum Gasteiger partial charge on any atom is -0.437 e. The predicted molar refractivity (Wildman–Crippen MR) is 65.1 cm³/mol. The van der Waals surface area contributed by atoms with Gasteiger partial charge in [-0.05, 0) is 34.6 Å². The highest BCUT2D eigenvalue weighted by atomic mass is 31.2. The van der Waals surface area contributed by atoms with Gasteiger partial charge in [0.2, 0.25) is 0 Å². The number of nitrogens with one attached hydrogen (secondary N) is 1. The number of hydrogen-bond acceptors (Lipinski definition) is 5. The Balaban J connectivity index is 4.22. The van der Waals surface area contributed by atoms with Gasteiger partial charge in [-0.2, -0.15) is 0 Å². The molecular weight excluding hydrogens is 245 g/mol. The molecule has 0 aromatic carbocycles. The molecule has 0 bridgehead atoms. The highest BCUT2D eigenvalue weighted by Gasteiger charge is 2.26. The second-order valence-electron chi connectivity index (χ2n) is 4.38. The van der Waals surface area contributed by atoms with E-state index < -0.39 is 19.2 Å².